The van der Waals surface area contributed by atoms with Crippen LogP contribution in [0, 0.1) is 11.3 Å². The highest BCUT2D eigenvalue weighted by atomic mass is 16.5. The Balaban J connectivity index is 1.45. The molecule has 20 heavy (non-hydrogen) atoms. The zero-order valence-electron chi connectivity index (χ0n) is 12.6. The molecule has 2 atom stereocenters. The van der Waals surface area contributed by atoms with Crippen molar-refractivity contribution in [2.75, 3.05) is 19.7 Å². The molecule has 3 aliphatic rings. The Morgan fingerprint density at radius 3 is 2.70 bits per heavy atom. The quantitative estimate of drug-likeness (QED) is 0.748. The molecule has 0 aliphatic heterocycles. The molecule has 1 amide bonds. The number of rotatable bonds is 7. The molecule has 0 radical (unpaired) electrons. The molecular weight excluding hydrogens is 252 g/mol. The van der Waals surface area contributed by atoms with Crippen molar-refractivity contribution in [3.8, 4) is 0 Å². The van der Waals surface area contributed by atoms with E-state index in [1.807, 2.05) is 0 Å². The minimum absolute atomic E-state index is 0.164. The van der Waals surface area contributed by atoms with Crippen LogP contribution >= 0.6 is 0 Å². The molecule has 0 aromatic rings. The lowest BCUT2D eigenvalue weighted by Gasteiger charge is -2.54. The molecule has 114 valence electrons. The number of carbonyl (C=O) groups is 1. The number of hydrogen-bond acceptors (Lipinski definition) is 3. The van der Waals surface area contributed by atoms with E-state index in [1.54, 1.807) is 0 Å². The molecule has 3 aliphatic carbocycles. The van der Waals surface area contributed by atoms with Gasteiger partial charge in [0.1, 0.15) is 0 Å². The van der Waals surface area contributed by atoms with Gasteiger partial charge in [-0.15, -0.1) is 0 Å². The first-order chi connectivity index (χ1) is 9.74. The molecule has 3 rings (SSSR count). The zero-order chi connectivity index (χ0) is 14.0. The normalized spacial score (nSPS) is 31.2. The van der Waals surface area contributed by atoms with E-state index in [0.29, 0.717) is 18.7 Å². The van der Waals surface area contributed by atoms with Crippen LogP contribution in [0.1, 0.15) is 51.9 Å². The van der Waals surface area contributed by atoms with Gasteiger partial charge in [0, 0.05) is 18.1 Å². The van der Waals surface area contributed by atoms with E-state index in [1.165, 1.54) is 38.5 Å². The maximum Gasteiger partial charge on any atom is 0.234 e. The van der Waals surface area contributed by atoms with Gasteiger partial charge in [-0.05, 0) is 51.5 Å². The van der Waals surface area contributed by atoms with Gasteiger partial charge in [-0.25, -0.2) is 0 Å². The van der Waals surface area contributed by atoms with E-state index in [2.05, 4.69) is 17.6 Å². The molecule has 4 nitrogen and oxygen atoms in total. The molecule has 0 aromatic heterocycles. The van der Waals surface area contributed by atoms with Crippen molar-refractivity contribution in [3.05, 3.63) is 0 Å². The van der Waals surface area contributed by atoms with Crippen molar-refractivity contribution in [1.82, 2.24) is 10.6 Å². The molecule has 4 heteroatoms. The second-order valence-corrected chi connectivity index (χ2v) is 6.81. The second kappa shape index (κ2) is 6.02. The predicted octanol–water partition coefficient (Wildman–Crippen LogP) is 1.84. The molecule has 3 saturated carbocycles. The Hall–Kier alpha value is -0.610. The summed E-state index contributed by atoms with van der Waals surface area (Å²) in [5, 5.41) is 6.52. The van der Waals surface area contributed by atoms with Gasteiger partial charge in [-0.1, -0.05) is 12.8 Å². The van der Waals surface area contributed by atoms with Gasteiger partial charge in [0.25, 0.3) is 0 Å². The highest BCUT2D eigenvalue weighted by Crippen LogP contribution is 2.54. The molecule has 2 N–H and O–H groups in total. The molecule has 0 aromatic carbocycles. The van der Waals surface area contributed by atoms with E-state index in [0.717, 1.165) is 25.5 Å². The molecule has 2 unspecified atom stereocenters. The minimum atomic E-state index is 0.164. The molecule has 0 heterocycles. The number of hydrogen-bond donors (Lipinski definition) is 2. The number of carbonyl (C=O) groups excluding carboxylic acids is 1. The fourth-order valence-electron chi connectivity index (χ4n) is 4.05. The Labute approximate surface area is 122 Å². The maximum absolute atomic E-state index is 12.0. The predicted molar refractivity (Wildman–Crippen MR) is 78.5 cm³/mol. The van der Waals surface area contributed by atoms with E-state index in [4.69, 9.17) is 4.74 Å². The van der Waals surface area contributed by atoms with Gasteiger partial charge in [0.15, 0.2) is 0 Å². The summed E-state index contributed by atoms with van der Waals surface area (Å²) in [6, 6.07) is 0.344. The average Bonchev–Trinajstić information content (AvgIpc) is 3.09. The third-order valence-corrected chi connectivity index (χ3v) is 5.44. The van der Waals surface area contributed by atoms with Crippen LogP contribution in [0.3, 0.4) is 0 Å². The molecular formula is C16H28N2O2. The SMILES string of the molecule is CCOC1CC(NC(=O)CNCC2CC2)C12CCCC2. The summed E-state index contributed by atoms with van der Waals surface area (Å²) in [6.07, 6.45) is 9.05. The van der Waals surface area contributed by atoms with E-state index in [-0.39, 0.29) is 11.3 Å². The van der Waals surface area contributed by atoms with Crippen molar-refractivity contribution in [3.63, 3.8) is 0 Å². The topological polar surface area (TPSA) is 50.4 Å². The average molecular weight is 280 g/mol. The first-order valence-electron chi connectivity index (χ1n) is 8.36. The van der Waals surface area contributed by atoms with Crippen molar-refractivity contribution >= 4 is 5.91 Å². The lowest BCUT2D eigenvalue weighted by atomic mass is 9.60. The van der Waals surface area contributed by atoms with Crippen LogP contribution in [-0.2, 0) is 9.53 Å². The summed E-state index contributed by atoms with van der Waals surface area (Å²) in [4.78, 5) is 12.0. The summed E-state index contributed by atoms with van der Waals surface area (Å²) in [5.41, 5.74) is 0.252. The van der Waals surface area contributed by atoms with Crippen LogP contribution < -0.4 is 10.6 Å². The standard InChI is InChI=1S/C16H28N2O2/c1-2-20-14-9-13(16(14)7-3-4-8-16)18-15(19)11-17-10-12-5-6-12/h12-14,17H,2-11H2,1H3,(H,18,19). The smallest absolute Gasteiger partial charge is 0.234 e. The van der Waals surface area contributed by atoms with Crippen molar-refractivity contribution in [1.29, 1.82) is 0 Å². The Bertz CT molecular complexity index is 348. The van der Waals surface area contributed by atoms with Crippen LogP contribution in [0.4, 0.5) is 0 Å². The summed E-state index contributed by atoms with van der Waals surface area (Å²) < 4.78 is 5.88. The van der Waals surface area contributed by atoms with Gasteiger partial charge in [0.2, 0.25) is 5.91 Å². The first kappa shape index (κ1) is 14.3. The van der Waals surface area contributed by atoms with Gasteiger partial charge < -0.3 is 15.4 Å². The van der Waals surface area contributed by atoms with Crippen LogP contribution in [0.2, 0.25) is 0 Å². The minimum Gasteiger partial charge on any atom is -0.378 e. The Kier molecular flexibility index (Phi) is 4.32. The Morgan fingerprint density at radius 1 is 1.30 bits per heavy atom. The van der Waals surface area contributed by atoms with Crippen LogP contribution in [0.5, 0.6) is 0 Å². The fourth-order valence-corrected chi connectivity index (χ4v) is 4.05. The van der Waals surface area contributed by atoms with E-state index < -0.39 is 0 Å². The fraction of sp³-hybridized carbons (Fsp3) is 0.938. The van der Waals surface area contributed by atoms with Crippen LogP contribution in [0.25, 0.3) is 0 Å². The Morgan fingerprint density at radius 2 is 2.05 bits per heavy atom. The maximum atomic E-state index is 12.0. The van der Waals surface area contributed by atoms with Gasteiger partial charge in [-0.3, -0.25) is 4.79 Å². The molecule has 1 spiro atoms. The number of amides is 1. The second-order valence-electron chi connectivity index (χ2n) is 6.81. The van der Waals surface area contributed by atoms with E-state index >= 15 is 0 Å². The number of nitrogens with one attached hydrogen (secondary N) is 2. The third-order valence-electron chi connectivity index (χ3n) is 5.44. The molecule has 3 fully saturated rings. The van der Waals surface area contributed by atoms with Gasteiger partial charge in [0.05, 0.1) is 12.6 Å². The van der Waals surface area contributed by atoms with Crippen molar-refractivity contribution in [2.45, 2.75) is 64.0 Å². The largest absolute Gasteiger partial charge is 0.378 e. The van der Waals surface area contributed by atoms with Gasteiger partial charge in [-0.2, -0.15) is 0 Å². The van der Waals surface area contributed by atoms with Crippen LogP contribution in [0.15, 0.2) is 0 Å². The monoisotopic (exact) mass is 280 g/mol. The van der Waals surface area contributed by atoms with E-state index in [9.17, 15) is 4.79 Å². The summed E-state index contributed by atoms with van der Waals surface area (Å²) in [7, 11) is 0. The lowest BCUT2D eigenvalue weighted by molar-refractivity contribution is -0.143. The highest BCUT2D eigenvalue weighted by Gasteiger charge is 2.57. The lowest BCUT2D eigenvalue weighted by Crippen LogP contribution is -2.64. The molecule has 0 bridgehead atoms. The summed E-state index contributed by atoms with van der Waals surface area (Å²) in [5.74, 6) is 0.992. The zero-order valence-corrected chi connectivity index (χ0v) is 12.6. The molecule has 0 saturated heterocycles. The highest BCUT2D eigenvalue weighted by molar-refractivity contribution is 5.78. The van der Waals surface area contributed by atoms with Crippen molar-refractivity contribution < 1.29 is 9.53 Å². The summed E-state index contributed by atoms with van der Waals surface area (Å²) in [6.45, 7) is 4.33. The van der Waals surface area contributed by atoms with Crippen molar-refractivity contribution in [2.24, 2.45) is 11.3 Å². The number of ether oxygens (including phenoxy) is 1. The first-order valence-corrected chi connectivity index (χ1v) is 8.36. The summed E-state index contributed by atoms with van der Waals surface area (Å²) >= 11 is 0. The third kappa shape index (κ3) is 2.86. The van der Waals surface area contributed by atoms with Crippen LogP contribution in [-0.4, -0.2) is 37.7 Å². The van der Waals surface area contributed by atoms with Gasteiger partial charge >= 0.3 is 0 Å².